The predicted molar refractivity (Wildman–Crippen MR) is 466 cm³/mol. The van der Waals surface area contributed by atoms with E-state index in [4.69, 9.17) is 64.2 Å². The molecule has 0 saturated carbocycles. The van der Waals surface area contributed by atoms with Crippen molar-refractivity contribution in [2.75, 3.05) is 94.9 Å². The van der Waals surface area contributed by atoms with Gasteiger partial charge in [-0.05, 0) is 182 Å². The van der Waals surface area contributed by atoms with Crippen LogP contribution in [0.4, 0.5) is 59.7 Å². The van der Waals surface area contributed by atoms with Gasteiger partial charge in [0.15, 0.2) is 23.3 Å². The summed E-state index contributed by atoms with van der Waals surface area (Å²) in [4.78, 5) is 53.9. The normalized spacial score (nSPS) is 10.7. The van der Waals surface area contributed by atoms with Gasteiger partial charge in [0.05, 0.1) is 43.9 Å². The summed E-state index contributed by atoms with van der Waals surface area (Å²) in [7, 11) is 0. The van der Waals surface area contributed by atoms with E-state index in [0.717, 1.165) is 108 Å². The highest BCUT2D eigenvalue weighted by Gasteiger charge is 2.34. The van der Waals surface area contributed by atoms with Crippen LogP contribution in [0.3, 0.4) is 0 Å². The molecular formula is C90H83Cl2F3N24. The van der Waals surface area contributed by atoms with Gasteiger partial charge in [0, 0.05) is 138 Å². The number of aryl methyl sites for hydroxylation is 5. The molecule has 0 fully saturated rings. The lowest BCUT2D eigenvalue weighted by Gasteiger charge is -2.15. The van der Waals surface area contributed by atoms with Gasteiger partial charge in [0.1, 0.15) is 70.8 Å². The van der Waals surface area contributed by atoms with E-state index in [2.05, 4.69) is 159 Å². The van der Waals surface area contributed by atoms with Crippen molar-refractivity contribution in [3.8, 4) is 69.8 Å². The van der Waals surface area contributed by atoms with Crippen LogP contribution in [0.1, 0.15) is 78.1 Å². The maximum absolute atomic E-state index is 13.4. The third-order valence-electron chi connectivity index (χ3n) is 19.0. The van der Waals surface area contributed by atoms with Crippen molar-refractivity contribution in [1.29, 1.82) is 21.0 Å². The molecule has 0 aliphatic carbocycles. The van der Waals surface area contributed by atoms with Crippen molar-refractivity contribution in [1.82, 2.24) is 59.8 Å². The number of fused-ring (bicyclic) bond motifs is 2. The quantitative estimate of drug-likeness (QED) is 0.0261. The molecule has 8 heterocycles. The summed E-state index contributed by atoms with van der Waals surface area (Å²) >= 11 is 12.3. The van der Waals surface area contributed by atoms with E-state index in [1.807, 2.05) is 87.5 Å². The Labute approximate surface area is 697 Å². The molecule has 29 heteroatoms. The Morgan fingerprint density at radius 3 is 1.11 bits per heavy atom. The molecule has 14 rings (SSSR count). The Morgan fingerprint density at radius 2 is 0.697 bits per heavy atom. The van der Waals surface area contributed by atoms with Crippen LogP contribution in [-0.4, -0.2) is 112 Å². The number of alkyl halides is 3. The zero-order valence-corrected chi connectivity index (χ0v) is 68.2. The van der Waals surface area contributed by atoms with E-state index in [1.54, 1.807) is 80.0 Å². The van der Waals surface area contributed by atoms with Crippen LogP contribution in [0.2, 0.25) is 10.0 Å². The molecule has 0 atom stereocenters. The Balaban J connectivity index is 0.000000155. The van der Waals surface area contributed by atoms with Crippen molar-refractivity contribution in [3.63, 3.8) is 0 Å². The lowest BCUT2D eigenvalue weighted by atomic mass is 9.98. The summed E-state index contributed by atoms with van der Waals surface area (Å²) < 4.78 is 40.1. The van der Waals surface area contributed by atoms with Gasteiger partial charge in [-0.15, -0.1) is 0 Å². The summed E-state index contributed by atoms with van der Waals surface area (Å²) in [6.45, 7) is 22.9. The minimum Gasteiger partial charge on any atom is -0.368 e. The van der Waals surface area contributed by atoms with Crippen molar-refractivity contribution < 1.29 is 13.2 Å². The van der Waals surface area contributed by atoms with Crippen LogP contribution < -0.4 is 42.5 Å². The molecule has 0 aliphatic rings. The number of hydrogen-bond donors (Lipinski definition) is 8. The third-order valence-corrected chi connectivity index (χ3v) is 19.6. The number of halogens is 5. The fourth-order valence-corrected chi connectivity index (χ4v) is 12.6. The summed E-state index contributed by atoms with van der Waals surface area (Å²) in [5.74, 6) is 7.67. The SMILES string of the molecule is Cc1ccc(-c2nc(NCCNc3ccc(C#N)cn3)c3ccccc3n2)c(C)c1.Cc1ccc(-c2nc(NCCNc3ccc(C#N)cn3)c3ccccc3n2)c(C)c1C.Cc1nc(-c2ccc(Cl)cc2Cl)nc(NCCNc2ccc(C#N)cn2)c1C.Cc1nc(-c2ccccc2C(F)(F)F)nc(NCCNc2ccc(C#N)cn2)c1C. The maximum atomic E-state index is 13.4. The van der Waals surface area contributed by atoms with Crippen LogP contribution >= 0.6 is 23.2 Å². The van der Waals surface area contributed by atoms with Gasteiger partial charge in [0.25, 0.3) is 0 Å². The Kier molecular flexibility index (Phi) is 29.2. The fourth-order valence-electron chi connectivity index (χ4n) is 12.1. The van der Waals surface area contributed by atoms with Crippen LogP contribution in [0.15, 0.2) is 195 Å². The number of nitrogens with one attached hydrogen (secondary N) is 8. The number of nitrogens with zero attached hydrogens (tertiary/aromatic N) is 16. The second kappa shape index (κ2) is 40.7. The maximum Gasteiger partial charge on any atom is 0.417 e. The molecule has 14 aromatic rings. The molecule has 8 aromatic heterocycles. The monoisotopic (exact) mass is 1630 g/mol. The van der Waals surface area contributed by atoms with Crippen LogP contribution in [-0.2, 0) is 6.18 Å². The molecular weight excluding hydrogens is 1550 g/mol. The van der Waals surface area contributed by atoms with Gasteiger partial charge in [-0.1, -0.05) is 102 Å². The minimum atomic E-state index is -4.50. The zero-order valence-electron chi connectivity index (χ0n) is 66.7. The molecule has 0 amide bonds. The molecule has 0 bridgehead atoms. The van der Waals surface area contributed by atoms with Crippen molar-refractivity contribution >= 4 is 91.6 Å². The molecule has 119 heavy (non-hydrogen) atoms. The number of rotatable bonds is 24. The average molecular weight is 1630 g/mol. The second-order valence-electron chi connectivity index (χ2n) is 27.3. The molecule has 6 aromatic carbocycles. The van der Waals surface area contributed by atoms with Gasteiger partial charge in [-0.3, -0.25) is 0 Å². The van der Waals surface area contributed by atoms with Crippen LogP contribution in [0.25, 0.3) is 67.4 Å². The number of anilines is 8. The largest absolute Gasteiger partial charge is 0.417 e. The second-order valence-corrected chi connectivity index (χ2v) is 28.1. The van der Waals surface area contributed by atoms with E-state index in [0.29, 0.717) is 114 Å². The average Bonchev–Trinajstić information content (AvgIpc) is 0.802. The number of para-hydroxylation sites is 2. The van der Waals surface area contributed by atoms with E-state index < -0.39 is 11.7 Å². The first kappa shape index (κ1) is 85.4. The standard InChI is InChI=1S/C25H24N6.C24H22N6.C21H19F3N6.C20H18Cl2N6/c1-16-8-10-20(18(3)17(16)2)25-30-22-7-5-4-6-21(22)24(31-25)28-13-12-27-23-11-9-19(14-26)15-29-23;1-16-7-9-19(17(2)13-16)24-29-21-6-4-3-5-20(21)23(30-24)27-12-11-26-22-10-8-18(14-25)15-28-22;1-13-14(2)29-20(16-5-3-4-6-17(16)21(22,23)24)30-19(13)27-10-9-26-18-8-7-15(11-25)12-28-18;1-12-13(2)27-20(16-5-4-15(21)9-17(16)22)28-19(12)25-8-7-24-18-6-3-14(10-23)11-26-18/h4-11,15H,12-13H2,1-3H3,(H,27,29)(H,28,30,31);3-10,13,15H,11-12H2,1-2H3,(H,26,28)(H,27,29,30);3-8,12H,9-10H2,1-2H3,(H,26,28)(H,27,29,30);3-6,9,11H,7-8H2,1-2H3,(H,24,26)(H,25,27,28). The summed E-state index contributed by atoms with van der Waals surface area (Å²) in [6, 6.07) is 59.3. The minimum absolute atomic E-state index is 0.0234. The lowest BCUT2D eigenvalue weighted by Crippen LogP contribution is -2.17. The summed E-state index contributed by atoms with van der Waals surface area (Å²) in [5, 5.41) is 64.5. The smallest absolute Gasteiger partial charge is 0.368 e. The summed E-state index contributed by atoms with van der Waals surface area (Å²) in [5.41, 5.74) is 15.2. The van der Waals surface area contributed by atoms with Gasteiger partial charge in [-0.25, -0.2) is 59.8 Å². The molecule has 0 saturated heterocycles. The summed E-state index contributed by atoms with van der Waals surface area (Å²) in [6.07, 6.45) is 1.63. The van der Waals surface area contributed by atoms with Gasteiger partial charge < -0.3 is 42.5 Å². The Morgan fingerprint density at radius 1 is 0.328 bits per heavy atom. The van der Waals surface area contributed by atoms with Gasteiger partial charge in [0.2, 0.25) is 0 Å². The fraction of sp³-hybridized carbons (Fsp3) is 0.200. The number of aromatic nitrogens is 12. The number of nitriles is 4. The van der Waals surface area contributed by atoms with E-state index in [1.165, 1.54) is 52.8 Å². The topological polar surface area (TPSA) is 346 Å². The van der Waals surface area contributed by atoms with Crippen molar-refractivity contribution in [2.24, 2.45) is 0 Å². The predicted octanol–water partition coefficient (Wildman–Crippen LogP) is 19.1. The van der Waals surface area contributed by atoms with Crippen molar-refractivity contribution in [2.45, 2.75) is 68.5 Å². The molecule has 0 unspecified atom stereocenters. The zero-order chi connectivity index (χ0) is 84.5. The molecule has 8 N–H and O–H groups in total. The molecule has 598 valence electrons. The highest BCUT2D eigenvalue weighted by Crippen LogP contribution is 2.38. The molecule has 0 aliphatic heterocycles. The lowest BCUT2D eigenvalue weighted by molar-refractivity contribution is -0.137. The molecule has 0 radical (unpaired) electrons. The van der Waals surface area contributed by atoms with Gasteiger partial charge in [-0.2, -0.15) is 34.2 Å². The van der Waals surface area contributed by atoms with Gasteiger partial charge >= 0.3 is 6.18 Å². The Bertz CT molecular complexity index is 6090. The van der Waals surface area contributed by atoms with E-state index in [9.17, 15) is 13.2 Å². The molecule has 24 nitrogen and oxygen atoms in total. The first-order chi connectivity index (χ1) is 57.5. The number of benzene rings is 6. The van der Waals surface area contributed by atoms with Crippen molar-refractivity contribution in [3.05, 3.63) is 283 Å². The highest BCUT2D eigenvalue weighted by molar-refractivity contribution is 6.36. The first-order valence-corrected chi connectivity index (χ1v) is 38.6. The first-order valence-electron chi connectivity index (χ1n) is 37.8. The Hall–Kier alpha value is -14.5. The van der Waals surface area contributed by atoms with Crippen LogP contribution in [0, 0.1) is 108 Å². The third kappa shape index (κ3) is 23.0. The number of pyridine rings is 4. The van der Waals surface area contributed by atoms with E-state index >= 15 is 0 Å². The van der Waals surface area contributed by atoms with Crippen LogP contribution in [0.5, 0.6) is 0 Å². The molecule has 0 spiro atoms. The highest BCUT2D eigenvalue weighted by atomic mass is 35.5. The number of hydrogen-bond acceptors (Lipinski definition) is 24. The van der Waals surface area contributed by atoms with E-state index in [-0.39, 0.29) is 11.4 Å².